The summed E-state index contributed by atoms with van der Waals surface area (Å²) in [6, 6.07) is 10.1. The fraction of sp³-hybridized carbons (Fsp3) is 0.440. The predicted octanol–water partition coefficient (Wildman–Crippen LogP) is 5.61. The average Bonchev–Trinajstić information content (AvgIpc) is 3.53. The van der Waals surface area contributed by atoms with Gasteiger partial charge in [-0.25, -0.2) is 9.78 Å². The average molecular weight is 453 g/mol. The number of carbonyl (C=O) groups excluding carboxylic acids is 1. The van der Waals surface area contributed by atoms with Crippen molar-refractivity contribution >= 4 is 34.4 Å². The number of rotatable bonds is 3. The summed E-state index contributed by atoms with van der Waals surface area (Å²) in [4.78, 5) is 21.4. The van der Waals surface area contributed by atoms with Gasteiger partial charge in [0, 0.05) is 54.7 Å². The van der Waals surface area contributed by atoms with Crippen LogP contribution in [0.1, 0.15) is 45.1 Å². The molecule has 1 aliphatic heterocycles. The van der Waals surface area contributed by atoms with Crippen LogP contribution >= 0.6 is 11.6 Å². The first-order valence-corrected chi connectivity index (χ1v) is 11.7. The summed E-state index contributed by atoms with van der Waals surface area (Å²) in [5.74, 6) is 1.61. The molecule has 2 aliphatic rings. The molecule has 0 bridgehead atoms. The van der Waals surface area contributed by atoms with E-state index in [0.717, 1.165) is 35.1 Å². The van der Waals surface area contributed by atoms with Crippen LogP contribution in [0.25, 0.3) is 16.6 Å². The van der Waals surface area contributed by atoms with Crippen LogP contribution in [-0.4, -0.2) is 52.3 Å². The maximum Gasteiger partial charge on any atom is 0.410 e. The van der Waals surface area contributed by atoms with E-state index in [0.29, 0.717) is 19.0 Å². The molecule has 2 aromatic heterocycles. The third-order valence-electron chi connectivity index (χ3n) is 6.08. The fourth-order valence-corrected chi connectivity index (χ4v) is 4.50. The number of aromatic nitrogens is 2. The summed E-state index contributed by atoms with van der Waals surface area (Å²) in [5.41, 5.74) is 3.14. The molecule has 0 unspecified atom stereocenters. The van der Waals surface area contributed by atoms with Crippen LogP contribution in [-0.2, 0) is 4.74 Å². The molecule has 0 N–H and O–H groups in total. The quantitative estimate of drug-likeness (QED) is 0.518. The Morgan fingerprint density at radius 1 is 1.06 bits per heavy atom. The zero-order chi connectivity index (χ0) is 22.5. The molecule has 5 rings (SSSR count). The van der Waals surface area contributed by atoms with Crippen molar-refractivity contribution in [2.75, 3.05) is 31.1 Å². The molecule has 7 heteroatoms. The van der Waals surface area contributed by atoms with Crippen molar-refractivity contribution < 1.29 is 9.53 Å². The molecule has 0 atom stereocenters. The molecule has 1 amide bonds. The monoisotopic (exact) mass is 452 g/mol. The minimum absolute atomic E-state index is 0.240. The van der Waals surface area contributed by atoms with Crippen molar-refractivity contribution in [2.45, 2.75) is 45.1 Å². The number of benzene rings is 1. The van der Waals surface area contributed by atoms with Gasteiger partial charge in [0.2, 0.25) is 0 Å². The number of hydrogen-bond acceptors (Lipinski definition) is 4. The lowest BCUT2D eigenvalue weighted by Gasteiger charge is -2.36. The molecular formula is C25H29ClN4O2. The van der Waals surface area contributed by atoms with Crippen LogP contribution in [0.15, 0.2) is 42.7 Å². The van der Waals surface area contributed by atoms with E-state index in [1.54, 1.807) is 4.90 Å². The highest BCUT2D eigenvalue weighted by atomic mass is 35.5. The Labute approximate surface area is 193 Å². The van der Waals surface area contributed by atoms with Crippen LogP contribution in [0.2, 0.25) is 5.02 Å². The van der Waals surface area contributed by atoms with E-state index in [-0.39, 0.29) is 6.09 Å². The molecule has 2 fully saturated rings. The minimum Gasteiger partial charge on any atom is -0.444 e. The zero-order valence-electron chi connectivity index (χ0n) is 18.8. The van der Waals surface area contributed by atoms with Gasteiger partial charge in [0.25, 0.3) is 0 Å². The predicted molar refractivity (Wildman–Crippen MR) is 128 cm³/mol. The molecule has 0 spiro atoms. The third-order valence-corrected chi connectivity index (χ3v) is 6.33. The first-order chi connectivity index (χ1) is 15.3. The van der Waals surface area contributed by atoms with Gasteiger partial charge in [-0.3, -0.25) is 0 Å². The Morgan fingerprint density at radius 2 is 1.75 bits per heavy atom. The third kappa shape index (κ3) is 4.16. The van der Waals surface area contributed by atoms with Crippen LogP contribution in [0, 0.1) is 0 Å². The van der Waals surface area contributed by atoms with Crippen molar-refractivity contribution in [1.82, 2.24) is 14.5 Å². The second-order valence-electron chi connectivity index (χ2n) is 9.69. The second kappa shape index (κ2) is 8.00. The van der Waals surface area contributed by atoms with Crippen LogP contribution in [0.3, 0.4) is 0 Å². The Hall–Kier alpha value is -2.73. The van der Waals surface area contributed by atoms with Crippen molar-refractivity contribution in [3.05, 3.63) is 53.3 Å². The molecular weight excluding hydrogens is 424 g/mol. The maximum atomic E-state index is 12.5. The molecule has 1 saturated heterocycles. The Morgan fingerprint density at radius 3 is 2.38 bits per heavy atom. The Bertz CT molecular complexity index is 1140. The smallest absolute Gasteiger partial charge is 0.410 e. The minimum atomic E-state index is -0.481. The van der Waals surface area contributed by atoms with Gasteiger partial charge in [0.15, 0.2) is 0 Å². The van der Waals surface area contributed by atoms with Gasteiger partial charge in [0.1, 0.15) is 11.4 Å². The maximum absolute atomic E-state index is 12.5. The lowest BCUT2D eigenvalue weighted by molar-refractivity contribution is 0.0240. The highest BCUT2D eigenvalue weighted by Crippen LogP contribution is 2.46. The van der Waals surface area contributed by atoms with Gasteiger partial charge >= 0.3 is 6.09 Å². The van der Waals surface area contributed by atoms with Gasteiger partial charge in [-0.2, -0.15) is 0 Å². The fourth-order valence-electron chi connectivity index (χ4n) is 4.38. The molecule has 168 valence electrons. The van der Waals surface area contributed by atoms with Crippen molar-refractivity contribution in [3.8, 4) is 5.69 Å². The normalized spacial score (nSPS) is 17.1. The number of nitrogens with zero attached hydrogens (tertiary/aromatic N) is 4. The highest BCUT2D eigenvalue weighted by Gasteiger charge is 2.32. The van der Waals surface area contributed by atoms with Crippen molar-refractivity contribution in [2.24, 2.45) is 0 Å². The van der Waals surface area contributed by atoms with E-state index in [1.807, 2.05) is 39.1 Å². The number of halogens is 1. The summed E-state index contributed by atoms with van der Waals surface area (Å²) in [5, 5.41) is 1.97. The number of piperazine rings is 1. The number of pyridine rings is 1. The van der Waals surface area contributed by atoms with E-state index in [4.69, 9.17) is 21.3 Å². The number of carbonyl (C=O) groups is 1. The SMILES string of the molecule is CC(C)(C)OC(=O)N1CCN(c2nccc3c2c(C2CC2)cn3-c2ccc(Cl)cc2)CC1. The zero-order valence-corrected chi connectivity index (χ0v) is 19.6. The van der Waals surface area contributed by atoms with Gasteiger partial charge in [-0.15, -0.1) is 0 Å². The topological polar surface area (TPSA) is 50.6 Å². The van der Waals surface area contributed by atoms with Crippen LogP contribution < -0.4 is 4.90 Å². The summed E-state index contributed by atoms with van der Waals surface area (Å²) in [6.07, 6.45) is 6.37. The molecule has 1 aromatic carbocycles. The lowest BCUT2D eigenvalue weighted by Crippen LogP contribution is -2.50. The molecule has 3 heterocycles. The van der Waals surface area contributed by atoms with E-state index >= 15 is 0 Å². The van der Waals surface area contributed by atoms with Gasteiger partial charge in [0.05, 0.1) is 5.52 Å². The molecule has 0 radical (unpaired) electrons. The highest BCUT2D eigenvalue weighted by molar-refractivity contribution is 6.30. The van der Waals surface area contributed by atoms with Crippen molar-refractivity contribution in [3.63, 3.8) is 0 Å². The molecule has 3 aromatic rings. The Balaban J connectivity index is 1.45. The Kier molecular flexibility index (Phi) is 5.28. The lowest BCUT2D eigenvalue weighted by atomic mass is 10.1. The van der Waals surface area contributed by atoms with Crippen LogP contribution in [0.5, 0.6) is 0 Å². The molecule has 1 saturated carbocycles. The van der Waals surface area contributed by atoms with Gasteiger partial charge in [-0.05, 0) is 75.4 Å². The first-order valence-electron chi connectivity index (χ1n) is 11.3. The standard InChI is InChI=1S/C25H29ClN4O2/c1-25(2,3)32-24(31)29-14-12-28(13-15-29)23-22-20(17-4-5-17)16-30(21(22)10-11-27-23)19-8-6-18(26)7-9-19/h6-11,16-17H,4-5,12-15H2,1-3H3. The van der Waals surface area contributed by atoms with E-state index in [2.05, 4.69) is 33.9 Å². The second-order valence-corrected chi connectivity index (χ2v) is 10.1. The molecule has 32 heavy (non-hydrogen) atoms. The van der Waals surface area contributed by atoms with Crippen molar-refractivity contribution in [1.29, 1.82) is 0 Å². The summed E-state index contributed by atoms with van der Waals surface area (Å²) >= 11 is 6.12. The molecule has 6 nitrogen and oxygen atoms in total. The number of amides is 1. The summed E-state index contributed by atoms with van der Waals surface area (Å²) < 4.78 is 7.80. The molecule has 1 aliphatic carbocycles. The van der Waals surface area contributed by atoms with Crippen LogP contribution in [0.4, 0.5) is 10.6 Å². The number of ether oxygens (including phenoxy) is 1. The summed E-state index contributed by atoms with van der Waals surface area (Å²) in [7, 11) is 0. The van der Waals surface area contributed by atoms with E-state index < -0.39 is 5.60 Å². The van der Waals surface area contributed by atoms with Gasteiger partial charge < -0.3 is 19.1 Å². The van der Waals surface area contributed by atoms with E-state index in [9.17, 15) is 4.79 Å². The van der Waals surface area contributed by atoms with E-state index in [1.165, 1.54) is 23.8 Å². The number of fused-ring (bicyclic) bond motifs is 1. The summed E-state index contributed by atoms with van der Waals surface area (Å²) in [6.45, 7) is 8.43. The van der Waals surface area contributed by atoms with Gasteiger partial charge in [-0.1, -0.05) is 11.6 Å². The first kappa shape index (κ1) is 21.1. The number of anilines is 1. The largest absolute Gasteiger partial charge is 0.444 e. The number of hydrogen-bond donors (Lipinski definition) is 0.